The summed E-state index contributed by atoms with van der Waals surface area (Å²) in [6, 6.07) is 0. The maximum absolute atomic E-state index is 11.5. The molecule has 0 radical (unpaired) electrons. The molecule has 2 N–H and O–H groups in total. The maximum Gasteiger partial charge on any atom is 1.00 e. The van der Waals surface area contributed by atoms with Crippen LogP contribution < -0.4 is 15.9 Å². The molecule has 2 heterocycles. The molecule has 1 aliphatic rings. The second-order valence-corrected chi connectivity index (χ2v) is 3.70. The number of H-pyrrole nitrogens is 1. The van der Waals surface area contributed by atoms with Gasteiger partial charge in [-0.1, -0.05) is 24.4 Å². The van der Waals surface area contributed by atoms with Crippen molar-refractivity contribution < 1.29 is 22.4 Å². The first kappa shape index (κ1) is 13.9. The van der Waals surface area contributed by atoms with E-state index in [1.165, 1.54) is 0 Å². The Morgan fingerprint density at radius 1 is 1.29 bits per heavy atom. The fraction of sp³-hybridized carbons (Fsp3) is 0.0909. The van der Waals surface area contributed by atoms with E-state index in [0.717, 1.165) is 5.70 Å². The predicted molar refractivity (Wildman–Crippen MR) is 65.3 cm³/mol. The molecule has 0 fully saturated rings. The van der Waals surface area contributed by atoms with Crippen LogP contribution >= 0.6 is 12.2 Å². The Morgan fingerprint density at radius 2 is 2.06 bits per heavy atom. The van der Waals surface area contributed by atoms with Crippen molar-refractivity contribution in [3.8, 4) is 0 Å². The Kier molecular flexibility index (Phi) is 4.89. The van der Waals surface area contributed by atoms with Gasteiger partial charge in [-0.3, -0.25) is 4.79 Å². The molecule has 4 nitrogen and oxygen atoms in total. The van der Waals surface area contributed by atoms with Crippen LogP contribution in [0.3, 0.4) is 0 Å². The molecule has 17 heavy (non-hydrogen) atoms. The van der Waals surface area contributed by atoms with E-state index in [1.54, 1.807) is 13.1 Å². The molecule has 0 atom stereocenters. The summed E-state index contributed by atoms with van der Waals surface area (Å²) >= 11 is 4.89. The second-order valence-electron chi connectivity index (χ2n) is 3.31. The number of nitrogens with zero attached hydrogens (tertiary/aromatic N) is 1. The Hall–Kier alpha value is -1.14. The number of nitrogens with one attached hydrogen (secondary N) is 2. The van der Waals surface area contributed by atoms with E-state index in [4.69, 9.17) is 12.2 Å². The summed E-state index contributed by atoms with van der Waals surface area (Å²) in [5.74, 6) is 0. The van der Waals surface area contributed by atoms with Gasteiger partial charge in [0.15, 0.2) is 5.56 Å². The van der Waals surface area contributed by atoms with Gasteiger partial charge in [0.25, 0.3) is 0 Å². The summed E-state index contributed by atoms with van der Waals surface area (Å²) in [5.41, 5.74) is 1.70. The minimum Gasteiger partial charge on any atom is -0.425 e. The zero-order chi connectivity index (χ0) is 11.5. The summed E-state index contributed by atoms with van der Waals surface area (Å²) in [6.07, 6.45) is 9.25. The molecule has 2 rings (SSSR count). The molecule has 0 saturated carbocycles. The van der Waals surface area contributed by atoms with Crippen LogP contribution in [0.1, 0.15) is 11.3 Å². The summed E-state index contributed by atoms with van der Waals surface area (Å²) in [5, 5.41) is 3.05. The van der Waals surface area contributed by atoms with E-state index in [1.807, 2.05) is 24.3 Å². The third kappa shape index (κ3) is 3.17. The minimum atomic E-state index is -0.199. The van der Waals surface area contributed by atoms with Crippen molar-refractivity contribution in [2.75, 3.05) is 0 Å². The van der Waals surface area contributed by atoms with Gasteiger partial charge in [0.1, 0.15) is 0 Å². The summed E-state index contributed by atoms with van der Waals surface area (Å²) in [6.45, 7) is 1.72. The normalized spacial score (nSPS) is 13.4. The molecule has 6 heteroatoms. The number of hydrogen-bond donors (Lipinski definition) is 2. The van der Waals surface area contributed by atoms with Crippen molar-refractivity contribution in [2.45, 2.75) is 6.92 Å². The van der Waals surface area contributed by atoms with E-state index in [-0.39, 0.29) is 32.7 Å². The zero-order valence-electron chi connectivity index (χ0n) is 8.95. The molecule has 1 aromatic rings. The SMILES string of the molecule is Cc1c(C2=CC=CC=CN2)[n-]c(=S)[nH]c1=O.[Au+]. The van der Waals surface area contributed by atoms with Crippen LogP contribution in [0.15, 0.2) is 35.3 Å². The monoisotopic (exact) mass is 429 g/mol. The minimum absolute atomic E-state index is 0. The van der Waals surface area contributed by atoms with Crippen LogP contribution in [0.4, 0.5) is 0 Å². The average Bonchev–Trinajstić information content (AvgIpc) is 2.51. The first-order chi connectivity index (χ1) is 7.68. The van der Waals surface area contributed by atoms with Crippen molar-refractivity contribution in [1.29, 1.82) is 0 Å². The van der Waals surface area contributed by atoms with Crippen LogP contribution in [0, 0.1) is 11.7 Å². The predicted octanol–water partition coefficient (Wildman–Crippen LogP) is 1.38. The Bertz CT molecular complexity index is 610. The van der Waals surface area contributed by atoms with E-state index in [9.17, 15) is 4.79 Å². The summed E-state index contributed by atoms with van der Waals surface area (Å²) in [4.78, 5) is 18.2. The van der Waals surface area contributed by atoms with Gasteiger partial charge < -0.3 is 15.3 Å². The van der Waals surface area contributed by atoms with Crippen molar-refractivity contribution in [3.05, 3.63) is 56.9 Å². The molecule has 1 aromatic heterocycles. The molecule has 92 valence electrons. The number of hydrogen-bond acceptors (Lipinski definition) is 3. The van der Waals surface area contributed by atoms with Crippen molar-refractivity contribution >= 4 is 17.9 Å². The summed E-state index contributed by atoms with van der Waals surface area (Å²) < 4.78 is 0.200. The standard InChI is InChI=1S/C11H11N3OS.Au/c1-7-9(13-11(16)14-10(7)15)8-5-3-2-4-6-12-8;/h2-6H,1H3,(H3,12,13,14,15,16);/q;+1/p-1. The van der Waals surface area contributed by atoms with Crippen LogP contribution in [0.5, 0.6) is 0 Å². The van der Waals surface area contributed by atoms with Gasteiger partial charge in [-0.25, -0.2) is 0 Å². The summed E-state index contributed by atoms with van der Waals surface area (Å²) in [7, 11) is 0. The third-order valence-electron chi connectivity index (χ3n) is 2.20. The van der Waals surface area contributed by atoms with Gasteiger partial charge in [-0.05, 0) is 30.3 Å². The number of aromatic amines is 1. The maximum atomic E-state index is 11.5. The molecular weight excluding hydrogens is 419 g/mol. The zero-order valence-corrected chi connectivity index (χ0v) is 11.9. The quantitative estimate of drug-likeness (QED) is 0.524. The first-order valence-corrected chi connectivity index (χ1v) is 5.17. The molecule has 1 aliphatic heterocycles. The average molecular weight is 429 g/mol. The van der Waals surface area contributed by atoms with Crippen LogP contribution in [-0.4, -0.2) is 4.98 Å². The van der Waals surface area contributed by atoms with E-state index in [0.29, 0.717) is 11.3 Å². The fourth-order valence-electron chi connectivity index (χ4n) is 1.38. The van der Waals surface area contributed by atoms with Gasteiger partial charge in [0.2, 0.25) is 0 Å². The molecule has 0 unspecified atom stereocenters. The number of rotatable bonds is 1. The van der Waals surface area contributed by atoms with E-state index >= 15 is 0 Å². The fourth-order valence-corrected chi connectivity index (χ4v) is 1.56. The first-order valence-electron chi connectivity index (χ1n) is 4.77. The largest absolute Gasteiger partial charge is 1.00 e. The Balaban J connectivity index is 0.00000144. The van der Waals surface area contributed by atoms with Crippen LogP contribution in [0.2, 0.25) is 0 Å². The van der Waals surface area contributed by atoms with Gasteiger partial charge in [-0.15, -0.1) is 0 Å². The van der Waals surface area contributed by atoms with Gasteiger partial charge >= 0.3 is 22.4 Å². The molecule has 0 amide bonds. The molecule has 0 spiro atoms. The number of aromatic nitrogens is 2. The molecule has 0 aliphatic carbocycles. The van der Waals surface area contributed by atoms with Crippen molar-refractivity contribution in [3.63, 3.8) is 0 Å². The second kappa shape index (κ2) is 5.97. The van der Waals surface area contributed by atoms with E-state index in [2.05, 4.69) is 15.3 Å². The topological polar surface area (TPSA) is 59.0 Å². The molecule has 0 aromatic carbocycles. The van der Waals surface area contributed by atoms with E-state index < -0.39 is 0 Å². The molecule has 0 bridgehead atoms. The molecular formula is C11H10AuN3OS. The van der Waals surface area contributed by atoms with Crippen molar-refractivity contribution in [1.82, 2.24) is 15.3 Å². The van der Waals surface area contributed by atoms with Gasteiger partial charge in [0.05, 0.1) is 0 Å². The molecule has 0 saturated heterocycles. The van der Waals surface area contributed by atoms with Gasteiger partial charge in [0, 0.05) is 16.7 Å². The van der Waals surface area contributed by atoms with Crippen LogP contribution in [0.25, 0.3) is 5.70 Å². The Morgan fingerprint density at radius 3 is 2.82 bits per heavy atom. The Labute approximate surface area is 119 Å². The smallest absolute Gasteiger partial charge is 0.425 e. The van der Waals surface area contributed by atoms with Crippen LogP contribution in [-0.2, 0) is 22.4 Å². The van der Waals surface area contributed by atoms with Crippen molar-refractivity contribution in [2.24, 2.45) is 0 Å². The van der Waals surface area contributed by atoms with Gasteiger partial charge in [-0.2, -0.15) is 0 Å². The third-order valence-corrected chi connectivity index (χ3v) is 2.40. The number of allylic oxidation sites excluding steroid dienone is 4.